The van der Waals surface area contributed by atoms with Crippen molar-refractivity contribution in [2.45, 2.75) is 70.7 Å². The first-order valence-electron chi connectivity index (χ1n) is 13.5. The molecule has 6 rings (SSSR count). The predicted octanol–water partition coefficient (Wildman–Crippen LogP) is 4.19. The van der Waals surface area contributed by atoms with Gasteiger partial charge in [0.15, 0.2) is 0 Å². The third-order valence-corrected chi connectivity index (χ3v) is 7.50. The standard InChI is InChI=1S/C28H26N4O5.C2H6/c33-24-9-8-23(26(34)31-24)32-15-18-7-6-16(11-22(18)27(32)35)14-30-28(36)37-20-12-19(13-20)21-5-1-3-17-4-2-10-29-25(17)21;1-2/h1-7,10-11,19-20,23H,8-9,12-15H2,(H,30,36)(H,31,33,34);1-2H3. The van der Waals surface area contributed by atoms with Gasteiger partial charge in [-0.2, -0.15) is 0 Å². The fourth-order valence-electron chi connectivity index (χ4n) is 5.45. The number of ether oxygens (including phenoxy) is 1. The summed E-state index contributed by atoms with van der Waals surface area (Å²) in [5.74, 6) is -0.672. The van der Waals surface area contributed by atoms with Gasteiger partial charge in [-0.15, -0.1) is 0 Å². The van der Waals surface area contributed by atoms with E-state index in [1.807, 2.05) is 50.2 Å². The molecule has 3 aliphatic rings. The minimum Gasteiger partial charge on any atom is -0.446 e. The number of amides is 4. The minimum atomic E-state index is -0.648. The quantitative estimate of drug-likeness (QED) is 0.480. The molecule has 202 valence electrons. The molecule has 1 saturated heterocycles. The highest BCUT2D eigenvalue weighted by Crippen LogP contribution is 2.41. The summed E-state index contributed by atoms with van der Waals surface area (Å²) in [7, 11) is 0. The predicted molar refractivity (Wildman–Crippen MR) is 145 cm³/mol. The molecular formula is C30H32N4O5. The maximum Gasteiger partial charge on any atom is 0.407 e. The molecule has 3 aromatic rings. The number of nitrogens with zero attached hydrogens (tertiary/aromatic N) is 2. The second-order valence-corrected chi connectivity index (χ2v) is 9.86. The van der Waals surface area contributed by atoms with Gasteiger partial charge in [0.1, 0.15) is 12.1 Å². The second-order valence-electron chi connectivity index (χ2n) is 9.86. The summed E-state index contributed by atoms with van der Waals surface area (Å²) in [6.45, 7) is 4.55. The minimum absolute atomic E-state index is 0.146. The smallest absolute Gasteiger partial charge is 0.407 e. The van der Waals surface area contributed by atoms with E-state index >= 15 is 0 Å². The SMILES string of the molecule is CC.O=C1CCC(N2Cc3ccc(CNC(=O)OC4CC(c5cccc6cccnc56)C4)cc3C2=O)C(=O)N1. The largest absolute Gasteiger partial charge is 0.446 e. The van der Waals surface area contributed by atoms with Gasteiger partial charge in [-0.1, -0.05) is 50.2 Å². The molecule has 0 radical (unpaired) electrons. The van der Waals surface area contributed by atoms with Crippen molar-refractivity contribution in [3.8, 4) is 0 Å². The zero-order valence-corrected chi connectivity index (χ0v) is 22.1. The molecule has 1 aromatic heterocycles. The fraction of sp³-hybridized carbons (Fsp3) is 0.367. The Morgan fingerprint density at radius 3 is 2.69 bits per heavy atom. The van der Waals surface area contributed by atoms with Gasteiger partial charge in [0.2, 0.25) is 11.8 Å². The molecule has 2 aliphatic heterocycles. The van der Waals surface area contributed by atoms with Crippen molar-refractivity contribution in [2.75, 3.05) is 0 Å². The lowest BCUT2D eigenvalue weighted by molar-refractivity contribution is -0.136. The summed E-state index contributed by atoms with van der Waals surface area (Å²) in [6.07, 6.45) is 3.21. The lowest BCUT2D eigenvalue weighted by atomic mass is 9.77. The van der Waals surface area contributed by atoms with Crippen LogP contribution in [0.5, 0.6) is 0 Å². The highest BCUT2D eigenvalue weighted by molar-refractivity contribution is 6.05. The van der Waals surface area contributed by atoms with Crippen LogP contribution in [0.4, 0.5) is 4.79 Å². The van der Waals surface area contributed by atoms with Crippen LogP contribution in [0, 0.1) is 0 Å². The van der Waals surface area contributed by atoms with Crippen molar-refractivity contribution in [1.29, 1.82) is 0 Å². The average Bonchev–Trinajstić information content (AvgIpc) is 3.25. The van der Waals surface area contributed by atoms with Gasteiger partial charge in [0.05, 0.1) is 5.52 Å². The Morgan fingerprint density at radius 2 is 1.90 bits per heavy atom. The number of nitrogens with one attached hydrogen (secondary N) is 2. The Balaban J connectivity index is 0.00000151. The number of benzene rings is 2. The number of piperidine rings is 1. The number of imide groups is 1. The number of para-hydroxylation sites is 1. The maximum absolute atomic E-state index is 13.0. The Labute approximate surface area is 226 Å². The van der Waals surface area contributed by atoms with Crippen molar-refractivity contribution in [1.82, 2.24) is 20.5 Å². The molecule has 1 unspecified atom stereocenters. The van der Waals surface area contributed by atoms with Crippen molar-refractivity contribution in [2.24, 2.45) is 0 Å². The average molecular weight is 529 g/mol. The van der Waals surface area contributed by atoms with Crippen LogP contribution in [0.3, 0.4) is 0 Å². The van der Waals surface area contributed by atoms with Crippen LogP contribution in [0.15, 0.2) is 54.7 Å². The van der Waals surface area contributed by atoms with Gasteiger partial charge in [0.25, 0.3) is 5.91 Å². The summed E-state index contributed by atoms with van der Waals surface area (Å²) in [4.78, 5) is 55.1. The number of aromatic nitrogens is 1. The molecule has 1 aliphatic carbocycles. The van der Waals surface area contributed by atoms with E-state index in [0.29, 0.717) is 24.4 Å². The van der Waals surface area contributed by atoms with Crippen LogP contribution >= 0.6 is 0 Å². The first-order valence-corrected chi connectivity index (χ1v) is 13.5. The molecule has 3 heterocycles. The van der Waals surface area contributed by atoms with Crippen molar-refractivity contribution >= 4 is 34.7 Å². The topological polar surface area (TPSA) is 118 Å². The first-order chi connectivity index (χ1) is 19.0. The van der Waals surface area contributed by atoms with Crippen LogP contribution in [-0.4, -0.2) is 45.8 Å². The normalized spacial score (nSPS) is 21.8. The van der Waals surface area contributed by atoms with Crippen LogP contribution in [0.25, 0.3) is 10.9 Å². The van der Waals surface area contributed by atoms with E-state index in [4.69, 9.17) is 4.74 Å². The van der Waals surface area contributed by atoms with E-state index < -0.39 is 18.0 Å². The molecule has 2 N–H and O–H groups in total. The Kier molecular flexibility index (Phi) is 7.58. The maximum atomic E-state index is 13.0. The zero-order valence-electron chi connectivity index (χ0n) is 22.1. The molecule has 2 aromatic carbocycles. The highest BCUT2D eigenvalue weighted by atomic mass is 16.6. The Bertz CT molecular complexity index is 1430. The van der Waals surface area contributed by atoms with Crippen LogP contribution < -0.4 is 10.6 Å². The van der Waals surface area contributed by atoms with Gasteiger partial charge in [-0.05, 0) is 54.0 Å². The lowest BCUT2D eigenvalue weighted by Crippen LogP contribution is -2.52. The van der Waals surface area contributed by atoms with E-state index in [1.54, 1.807) is 12.3 Å². The summed E-state index contributed by atoms with van der Waals surface area (Å²) in [5, 5.41) is 6.19. The second kappa shape index (κ2) is 11.2. The molecule has 1 saturated carbocycles. The van der Waals surface area contributed by atoms with Crippen LogP contribution in [0.2, 0.25) is 0 Å². The fourth-order valence-corrected chi connectivity index (χ4v) is 5.45. The Morgan fingerprint density at radius 1 is 1.10 bits per heavy atom. The van der Waals surface area contributed by atoms with Crippen LogP contribution in [-0.2, 0) is 27.4 Å². The lowest BCUT2D eigenvalue weighted by Gasteiger charge is -2.35. The number of carbonyl (C=O) groups excluding carboxylic acids is 4. The van der Waals surface area contributed by atoms with Crippen molar-refractivity contribution in [3.63, 3.8) is 0 Å². The molecule has 0 spiro atoms. The van der Waals surface area contributed by atoms with Gasteiger partial charge < -0.3 is 15.0 Å². The number of carbonyl (C=O) groups is 4. The number of pyridine rings is 1. The molecule has 1 atom stereocenters. The van der Waals surface area contributed by atoms with E-state index in [1.165, 1.54) is 10.5 Å². The van der Waals surface area contributed by atoms with Crippen molar-refractivity contribution < 1.29 is 23.9 Å². The number of fused-ring (bicyclic) bond motifs is 2. The summed E-state index contributed by atoms with van der Waals surface area (Å²) < 4.78 is 5.58. The van der Waals surface area contributed by atoms with Crippen LogP contribution in [0.1, 0.15) is 72.5 Å². The number of hydrogen-bond donors (Lipinski definition) is 2. The molecular weight excluding hydrogens is 496 g/mol. The van der Waals surface area contributed by atoms with E-state index in [-0.39, 0.29) is 30.9 Å². The third kappa shape index (κ3) is 5.34. The molecule has 39 heavy (non-hydrogen) atoms. The molecule has 2 fully saturated rings. The van der Waals surface area contributed by atoms with E-state index in [0.717, 1.165) is 34.9 Å². The van der Waals surface area contributed by atoms with Gasteiger partial charge in [-0.25, -0.2) is 4.79 Å². The summed E-state index contributed by atoms with van der Waals surface area (Å²) >= 11 is 0. The van der Waals surface area contributed by atoms with E-state index in [2.05, 4.69) is 21.7 Å². The molecule has 0 bridgehead atoms. The number of hydrogen-bond acceptors (Lipinski definition) is 6. The van der Waals surface area contributed by atoms with Gasteiger partial charge in [0, 0.05) is 36.7 Å². The Hall–Kier alpha value is -4.27. The third-order valence-electron chi connectivity index (χ3n) is 7.50. The number of alkyl carbamates (subject to hydrolysis) is 1. The highest BCUT2D eigenvalue weighted by Gasteiger charge is 2.39. The first kappa shape index (κ1) is 26.3. The zero-order chi connectivity index (χ0) is 27.5. The molecule has 9 heteroatoms. The summed E-state index contributed by atoms with van der Waals surface area (Å²) in [5.41, 5.74) is 4.29. The van der Waals surface area contributed by atoms with E-state index in [9.17, 15) is 19.2 Å². The van der Waals surface area contributed by atoms with Gasteiger partial charge in [-0.3, -0.25) is 24.7 Å². The summed E-state index contributed by atoms with van der Waals surface area (Å²) in [6, 6.07) is 14.9. The molecule has 4 amide bonds. The monoisotopic (exact) mass is 528 g/mol. The number of rotatable bonds is 5. The van der Waals surface area contributed by atoms with Crippen molar-refractivity contribution in [3.05, 3.63) is 77.0 Å². The van der Waals surface area contributed by atoms with Gasteiger partial charge >= 0.3 is 6.09 Å². The molecule has 9 nitrogen and oxygen atoms in total.